The van der Waals surface area contributed by atoms with Crippen molar-refractivity contribution < 1.29 is 28.3 Å². The minimum Gasteiger partial charge on any atom is -0.493 e. The van der Waals surface area contributed by atoms with E-state index in [4.69, 9.17) is 30.3 Å². The number of esters is 1. The van der Waals surface area contributed by atoms with Gasteiger partial charge < -0.3 is 24.1 Å². The molecular weight excluding hydrogens is 352 g/mol. The lowest BCUT2D eigenvalue weighted by Gasteiger charge is -2.14. The molecule has 0 aliphatic rings. The Morgan fingerprint density at radius 1 is 1.24 bits per heavy atom. The second-order valence-electron chi connectivity index (χ2n) is 5.05. The summed E-state index contributed by atoms with van der Waals surface area (Å²) in [4.78, 5) is 24.3. The number of nitrogens with zero attached hydrogens (tertiary/aromatic N) is 1. The number of halogens is 1. The minimum atomic E-state index is -1.06. The lowest BCUT2D eigenvalue weighted by Crippen LogP contribution is -2.30. The van der Waals surface area contributed by atoms with Crippen LogP contribution in [-0.4, -0.2) is 37.4 Å². The van der Waals surface area contributed by atoms with Crippen molar-refractivity contribution in [1.29, 1.82) is 0 Å². The Bertz CT molecular complexity index is 789. The lowest BCUT2D eigenvalue weighted by molar-refractivity contribution is -0.123. The van der Waals surface area contributed by atoms with Gasteiger partial charge >= 0.3 is 5.97 Å². The Kier molecular flexibility index (Phi) is 5.87. The van der Waals surface area contributed by atoms with E-state index in [0.717, 1.165) is 0 Å². The molecule has 0 saturated heterocycles. The fourth-order valence-electron chi connectivity index (χ4n) is 1.97. The molecule has 0 aliphatic heterocycles. The molecular formula is C16H17ClN2O6. The van der Waals surface area contributed by atoms with E-state index in [1.807, 2.05) is 0 Å². The molecule has 8 nitrogen and oxygen atoms in total. The van der Waals surface area contributed by atoms with Crippen LogP contribution >= 0.6 is 11.6 Å². The third-order valence-corrected chi connectivity index (χ3v) is 3.48. The summed E-state index contributed by atoms with van der Waals surface area (Å²) in [5, 5.41) is 6.30. The first-order valence-corrected chi connectivity index (χ1v) is 7.60. The van der Waals surface area contributed by atoms with Gasteiger partial charge in [0.2, 0.25) is 0 Å². The molecule has 1 N–H and O–H groups in total. The molecule has 2 aromatic rings. The van der Waals surface area contributed by atoms with E-state index < -0.39 is 18.0 Å². The summed E-state index contributed by atoms with van der Waals surface area (Å²) < 4.78 is 20.2. The van der Waals surface area contributed by atoms with Gasteiger partial charge in [0.25, 0.3) is 5.91 Å². The number of amides is 1. The number of hydrogen-bond donors (Lipinski definition) is 1. The molecule has 2 rings (SSSR count). The van der Waals surface area contributed by atoms with Crippen LogP contribution in [0.25, 0.3) is 0 Å². The van der Waals surface area contributed by atoms with Crippen molar-refractivity contribution in [3.63, 3.8) is 0 Å². The van der Waals surface area contributed by atoms with E-state index in [0.29, 0.717) is 11.5 Å². The van der Waals surface area contributed by atoms with Gasteiger partial charge in [0.1, 0.15) is 5.76 Å². The molecule has 0 spiro atoms. The molecule has 1 aromatic heterocycles. The molecule has 0 saturated carbocycles. The summed E-state index contributed by atoms with van der Waals surface area (Å²) >= 11 is 6.06. The van der Waals surface area contributed by atoms with Gasteiger partial charge in [-0.25, -0.2) is 4.79 Å². The first-order chi connectivity index (χ1) is 11.8. The standard InChI is InChI=1S/C16H17ClN2O6/c1-8-5-13(19-25-8)18-15(20)9(2)24-16(21)10-6-11(17)14(23-4)12(7-10)22-3/h5-7,9H,1-4H3,(H,18,19,20)/t9-/m1/s1. The molecule has 0 fully saturated rings. The summed E-state index contributed by atoms with van der Waals surface area (Å²) in [6.45, 7) is 3.12. The van der Waals surface area contributed by atoms with Gasteiger partial charge in [-0.15, -0.1) is 0 Å². The SMILES string of the molecule is COc1cc(C(=O)O[C@H](C)C(=O)Nc2cc(C)on2)cc(Cl)c1OC. The normalized spacial score (nSPS) is 11.6. The maximum atomic E-state index is 12.2. The van der Waals surface area contributed by atoms with Crippen molar-refractivity contribution in [2.24, 2.45) is 0 Å². The van der Waals surface area contributed by atoms with Crippen molar-refractivity contribution in [3.05, 3.63) is 34.5 Å². The predicted molar refractivity (Wildman–Crippen MR) is 89.3 cm³/mol. The number of methoxy groups -OCH3 is 2. The van der Waals surface area contributed by atoms with Crippen molar-refractivity contribution in [3.8, 4) is 11.5 Å². The van der Waals surface area contributed by atoms with Crippen LogP contribution in [0.15, 0.2) is 22.7 Å². The highest BCUT2D eigenvalue weighted by Crippen LogP contribution is 2.36. The fourth-order valence-corrected chi connectivity index (χ4v) is 2.26. The molecule has 0 radical (unpaired) electrons. The van der Waals surface area contributed by atoms with Crippen molar-refractivity contribution >= 4 is 29.3 Å². The smallest absolute Gasteiger partial charge is 0.339 e. The summed E-state index contributed by atoms with van der Waals surface area (Å²) in [7, 11) is 2.85. The topological polar surface area (TPSA) is 99.9 Å². The number of carbonyl (C=O) groups excluding carboxylic acids is 2. The summed E-state index contributed by atoms with van der Waals surface area (Å²) in [5.41, 5.74) is 0.125. The Morgan fingerprint density at radius 3 is 2.52 bits per heavy atom. The Hall–Kier alpha value is -2.74. The molecule has 0 bridgehead atoms. The van der Waals surface area contributed by atoms with E-state index >= 15 is 0 Å². The first-order valence-electron chi connectivity index (χ1n) is 7.22. The van der Waals surface area contributed by atoms with Crippen LogP contribution in [0.3, 0.4) is 0 Å². The van der Waals surface area contributed by atoms with Gasteiger partial charge in [0.05, 0.1) is 24.8 Å². The number of benzene rings is 1. The van der Waals surface area contributed by atoms with Crippen LogP contribution in [0.4, 0.5) is 5.82 Å². The molecule has 0 unspecified atom stereocenters. The molecule has 1 atom stereocenters. The lowest BCUT2D eigenvalue weighted by atomic mass is 10.2. The van der Waals surface area contributed by atoms with Crippen LogP contribution in [-0.2, 0) is 9.53 Å². The fraction of sp³-hybridized carbons (Fsp3) is 0.312. The second kappa shape index (κ2) is 7.89. The largest absolute Gasteiger partial charge is 0.493 e. The zero-order valence-electron chi connectivity index (χ0n) is 14.1. The third kappa shape index (κ3) is 4.42. The van der Waals surface area contributed by atoms with Crippen LogP contribution in [0, 0.1) is 6.92 Å². The summed E-state index contributed by atoms with van der Waals surface area (Å²) in [6.07, 6.45) is -1.06. The number of carbonyl (C=O) groups is 2. The van der Waals surface area contributed by atoms with E-state index in [-0.39, 0.29) is 22.2 Å². The van der Waals surface area contributed by atoms with Crippen LogP contribution in [0.2, 0.25) is 5.02 Å². The highest BCUT2D eigenvalue weighted by Gasteiger charge is 2.22. The average Bonchev–Trinajstić information content (AvgIpc) is 2.98. The number of hydrogen-bond acceptors (Lipinski definition) is 7. The first kappa shape index (κ1) is 18.6. The number of rotatable bonds is 6. The maximum absolute atomic E-state index is 12.2. The second-order valence-corrected chi connectivity index (χ2v) is 5.46. The number of aromatic nitrogens is 1. The highest BCUT2D eigenvalue weighted by molar-refractivity contribution is 6.32. The molecule has 1 heterocycles. The van der Waals surface area contributed by atoms with Crippen LogP contribution in [0.5, 0.6) is 11.5 Å². The van der Waals surface area contributed by atoms with Gasteiger partial charge in [0.15, 0.2) is 23.4 Å². The van der Waals surface area contributed by atoms with Gasteiger partial charge in [-0.3, -0.25) is 4.79 Å². The average molecular weight is 369 g/mol. The summed E-state index contributed by atoms with van der Waals surface area (Å²) in [6, 6.07) is 4.33. The monoisotopic (exact) mass is 368 g/mol. The van der Waals surface area contributed by atoms with Gasteiger partial charge in [-0.2, -0.15) is 0 Å². The van der Waals surface area contributed by atoms with E-state index in [1.54, 1.807) is 13.0 Å². The number of nitrogens with one attached hydrogen (secondary N) is 1. The van der Waals surface area contributed by atoms with Gasteiger partial charge in [-0.05, 0) is 26.0 Å². The Balaban J connectivity index is 2.08. The van der Waals surface area contributed by atoms with E-state index in [1.165, 1.54) is 33.3 Å². The quantitative estimate of drug-likeness (QED) is 0.782. The van der Waals surface area contributed by atoms with Crippen molar-refractivity contribution in [2.75, 3.05) is 19.5 Å². The number of anilines is 1. The Morgan fingerprint density at radius 2 is 1.96 bits per heavy atom. The molecule has 1 aromatic carbocycles. The zero-order chi connectivity index (χ0) is 18.6. The third-order valence-electron chi connectivity index (χ3n) is 3.20. The van der Waals surface area contributed by atoms with E-state index in [9.17, 15) is 9.59 Å². The molecule has 0 aliphatic carbocycles. The van der Waals surface area contributed by atoms with Crippen molar-refractivity contribution in [1.82, 2.24) is 5.16 Å². The number of ether oxygens (including phenoxy) is 3. The van der Waals surface area contributed by atoms with Crippen LogP contribution < -0.4 is 14.8 Å². The number of aryl methyl sites for hydroxylation is 1. The van der Waals surface area contributed by atoms with E-state index in [2.05, 4.69) is 10.5 Å². The molecule has 25 heavy (non-hydrogen) atoms. The minimum absolute atomic E-state index is 0.125. The molecule has 1 amide bonds. The van der Waals surface area contributed by atoms with Gasteiger partial charge in [0, 0.05) is 6.07 Å². The predicted octanol–water partition coefficient (Wildman–Crippen LogP) is 2.84. The summed E-state index contributed by atoms with van der Waals surface area (Å²) in [5.74, 6) is 0.0691. The molecule has 134 valence electrons. The zero-order valence-corrected chi connectivity index (χ0v) is 14.8. The molecule has 9 heteroatoms. The van der Waals surface area contributed by atoms with Gasteiger partial charge in [-0.1, -0.05) is 16.8 Å². The van der Waals surface area contributed by atoms with Crippen molar-refractivity contribution in [2.45, 2.75) is 20.0 Å². The van der Waals surface area contributed by atoms with Crippen LogP contribution in [0.1, 0.15) is 23.0 Å². The Labute approximate surface area is 149 Å². The maximum Gasteiger partial charge on any atom is 0.339 e. The highest BCUT2D eigenvalue weighted by atomic mass is 35.5.